The number of benzene rings is 1. The quantitative estimate of drug-likeness (QED) is 0.875. The maximum absolute atomic E-state index is 11.7. The Balaban J connectivity index is 1.56. The lowest BCUT2D eigenvalue weighted by Crippen LogP contribution is -2.24. The van der Waals surface area contributed by atoms with Gasteiger partial charge in [0.2, 0.25) is 12.7 Å². The van der Waals surface area contributed by atoms with Crippen molar-refractivity contribution < 1.29 is 14.3 Å². The van der Waals surface area contributed by atoms with E-state index < -0.39 is 0 Å². The first kappa shape index (κ1) is 11.6. The van der Waals surface area contributed by atoms with E-state index in [4.69, 9.17) is 9.47 Å². The van der Waals surface area contributed by atoms with Gasteiger partial charge >= 0.3 is 0 Å². The Bertz CT molecular complexity index is 578. The number of aromatic nitrogens is 1. The Morgan fingerprint density at radius 3 is 2.95 bits per heavy atom. The normalized spacial score (nSPS) is 12.4. The number of rotatable bonds is 4. The molecular weight excluding hydrogens is 244 g/mol. The molecule has 1 aromatic carbocycles. The average Bonchev–Trinajstić information content (AvgIpc) is 3.06. The molecule has 1 aromatic heterocycles. The summed E-state index contributed by atoms with van der Waals surface area (Å²) in [6.45, 7) is 0.749. The zero-order valence-electron chi connectivity index (χ0n) is 10.3. The fourth-order valence-electron chi connectivity index (χ4n) is 1.97. The van der Waals surface area contributed by atoms with Crippen molar-refractivity contribution in [1.29, 1.82) is 0 Å². The Morgan fingerprint density at radius 1 is 1.21 bits per heavy atom. The molecule has 1 aliphatic rings. The molecule has 0 fully saturated rings. The van der Waals surface area contributed by atoms with Gasteiger partial charge in [-0.15, -0.1) is 0 Å². The summed E-state index contributed by atoms with van der Waals surface area (Å²) in [5.41, 5.74) is 1.97. The minimum atomic E-state index is -0.00253. The average molecular weight is 258 g/mol. The van der Waals surface area contributed by atoms with Crippen LogP contribution in [-0.2, 0) is 17.8 Å². The fraction of sp³-hybridized carbons (Fsp3) is 0.214. The molecule has 0 unspecified atom stereocenters. The van der Waals surface area contributed by atoms with Gasteiger partial charge in [-0.2, -0.15) is 0 Å². The van der Waals surface area contributed by atoms with Gasteiger partial charge in [-0.1, -0.05) is 6.07 Å². The van der Waals surface area contributed by atoms with Crippen LogP contribution >= 0.6 is 0 Å². The standard InChI is InChI=1S/C14H14N2O3/c17-14(6-11-3-4-15-7-11)16-8-10-1-2-12-13(5-10)19-9-18-12/h1-5,7,15H,6,8-9H2,(H,16,17). The van der Waals surface area contributed by atoms with Gasteiger partial charge in [-0.3, -0.25) is 4.79 Å². The number of hydrogen-bond acceptors (Lipinski definition) is 3. The molecule has 0 atom stereocenters. The summed E-state index contributed by atoms with van der Waals surface area (Å²) in [5.74, 6) is 1.48. The highest BCUT2D eigenvalue weighted by molar-refractivity contribution is 5.78. The molecule has 1 aliphatic heterocycles. The van der Waals surface area contributed by atoms with Gasteiger partial charge in [0.15, 0.2) is 11.5 Å². The van der Waals surface area contributed by atoms with Crippen molar-refractivity contribution in [3.63, 3.8) is 0 Å². The van der Waals surface area contributed by atoms with Crippen molar-refractivity contribution in [2.24, 2.45) is 0 Å². The number of amides is 1. The number of H-pyrrole nitrogens is 1. The molecule has 5 nitrogen and oxygen atoms in total. The van der Waals surface area contributed by atoms with E-state index >= 15 is 0 Å². The molecule has 3 rings (SSSR count). The monoisotopic (exact) mass is 258 g/mol. The number of hydrogen-bond donors (Lipinski definition) is 2. The van der Waals surface area contributed by atoms with E-state index in [0.717, 1.165) is 22.6 Å². The number of ether oxygens (including phenoxy) is 2. The van der Waals surface area contributed by atoms with Crippen LogP contribution in [0.4, 0.5) is 0 Å². The predicted molar refractivity (Wildman–Crippen MR) is 68.9 cm³/mol. The Hall–Kier alpha value is -2.43. The molecule has 1 amide bonds. The first-order chi connectivity index (χ1) is 9.31. The summed E-state index contributed by atoms with van der Waals surface area (Å²) in [5, 5.41) is 2.88. The summed E-state index contributed by atoms with van der Waals surface area (Å²) >= 11 is 0. The maximum Gasteiger partial charge on any atom is 0.231 e. The van der Waals surface area contributed by atoms with Gasteiger partial charge in [0.05, 0.1) is 6.42 Å². The minimum Gasteiger partial charge on any atom is -0.454 e. The Morgan fingerprint density at radius 2 is 2.11 bits per heavy atom. The van der Waals surface area contributed by atoms with Crippen molar-refractivity contribution in [2.75, 3.05) is 6.79 Å². The van der Waals surface area contributed by atoms with E-state index in [0.29, 0.717) is 13.0 Å². The van der Waals surface area contributed by atoms with Gasteiger partial charge < -0.3 is 19.8 Å². The number of nitrogens with one attached hydrogen (secondary N) is 2. The third kappa shape index (κ3) is 2.70. The maximum atomic E-state index is 11.7. The second kappa shape index (κ2) is 5.06. The third-order valence-corrected chi connectivity index (χ3v) is 2.95. The topological polar surface area (TPSA) is 63.4 Å². The predicted octanol–water partition coefficient (Wildman–Crippen LogP) is 1.60. The zero-order chi connectivity index (χ0) is 13.1. The molecule has 2 N–H and O–H groups in total. The van der Waals surface area contributed by atoms with Crippen LogP contribution in [0.2, 0.25) is 0 Å². The second-order valence-corrected chi connectivity index (χ2v) is 4.36. The molecule has 0 saturated carbocycles. The summed E-state index contributed by atoms with van der Waals surface area (Å²) < 4.78 is 10.5. The van der Waals surface area contributed by atoms with Crippen LogP contribution in [-0.4, -0.2) is 17.7 Å². The van der Waals surface area contributed by atoms with Crippen LogP contribution in [0.25, 0.3) is 0 Å². The first-order valence-corrected chi connectivity index (χ1v) is 6.08. The fourth-order valence-corrected chi connectivity index (χ4v) is 1.97. The molecule has 98 valence electrons. The summed E-state index contributed by atoms with van der Waals surface area (Å²) in [6, 6.07) is 7.55. The SMILES string of the molecule is O=C(Cc1cc[nH]c1)NCc1ccc2c(c1)OCO2. The number of carbonyl (C=O) groups is 1. The van der Waals surface area contributed by atoms with Gasteiger partial charge in [-0.25, -0.2) is 0 Å². The van der Waals surface area contributed by atoms with Gasteiger partial charge in [-0.05, 0) is 29.3 Å². The summed E-state index contributed by atoms with van der Waals surface area (Å²) in [7, 11) is 0. The highest BCUT2D eigenvalue weighted by atomic mass is 16.7. The second-order valence-electron chi connectivity index (χ2n) is 4.36. The van der Waals surface area contributed by atoms with E-state index in [2.05, 4.69) is 10.3 Å². The Kier molecular flexibility index (Phi) is 3.10. The minimum absolute atomic E-state index is 0.00253. The van der Waals surface area contributed by atoms with E-state index in [1.54, 1.807) is 6.20 Å². The largest absolute Gasteiger partial charge is 0.454 e. The smallest absolute Gasteiger partial charge is 0.231 e. The lowest BCUT2D eigenvalue weighted by Gasteiger charge is -2.05. The van der Waals surface area contributed by atoms with Crippen molar-refractivity contribution >= 4 is 5.91 Å². The first-order valence-electron chi connectivity index (χ1n) is 6.08. The summed E-state index contributed by atoms with van der Waals surface area (Å²) in [4.78, 5) is 14.7. The number of aromatic amines is 1. The number of carbonyl (C=O) groups excluding carboxylic acids is 1. The molecule has 5 heteroatoms. The van der Waals surface area contributed by atoms with Crippen LogP contribution in [0.15, 0.2) is 36.7 Å². The lowest BCUT2D eigenvalue weighted by atomic mass is 10.2. The van der Waals surface area contributed by atoms with Gasteiger partial charge in [0.25, 0.3) is 0 Å². The molecule has 2 heterocycles. The van der Waals surface area contributed by atoms with Crippen molar-refractivity contribution in [3.05, 3.63) is 47.8 Å². The van der Waals surface area contributed by atoms with Crippen molar-refractivity contribution in [3.8, 4) is 11.5 Å². The van der Waals surface area contributed by atoms with Crippen molar-refractivity contribution in [2.45, 2.75) is 13.0 Å². The van der Waals surface area contributed by atoms with Crippen LogP contribution in [0, 0.1) is 0 Å². The van der Waals surface area contributed by atoms with E-state index in [9.17, 15) is 4.79 Å². The molecule has 0 spiro atoms. The van der Waals surface area contributed by atoms with Gasteiger partial charge in [0.1, 0.15) is 0 Å². The third-order valence-electron chi connectivity index (χ3n) is 2.95. The molecule has 0 bridgehead atoms. The molecule has 2 aromatic rings. The molecule has 0 saturated heterocycles. The van der Waals surface area contributed by atoms with Crippen LogP contribution in [0.5, 0.6) is 11.5 Å². The molecule has 19 heavy (non-hydrogen) atoms. The van der Waals surface area contributed by atoms with E-state index in [1.165, 1.54) is 0 Å². The van der Waals surface area contributed by atoms with E-state index in [-0.39, 0.29) is 12.7 Å². The van der Waals surface area contributed by atoms with Crippen LogP contribution in [0.1, 0.15) is 11.1 Å². The molecular formula is C14H14N2O3. The Labute approximate surface area is 110 Å². The highest BCUT2D eigenvalue weighted by Crippen LogP contribution is 2.32. The van der Waals surface area contributed by atoms with Crippen LogP contribution < -0.4 is 14.8 Å². The number of fused-ring (bicyclic) bond motifs is 1. The molecule has 0 radical (unpaired) electrons. The van der Waals surface area contributed by atoms with Crippen LogP contribution in [0.3, 0.4) is 0 Å². The van der Waals surface area contributed by atoms with Gasteiger partial charge in [0, 0.05) is 18.9 Å². The highest BCUT2D eigenvalue weighted by Gasteiger charge is 2.13. The summed E-state index contributed by atoms with van der Waals surface area (Å²) in [6.07, 6.45) is 4.01. The zero-order valence-corrected chi connectivity index (χ0v) is 10.3. The molecule has 0 aliphatic carbocycles. The van der Waals surface area contributed by atoms with Crippen molar-refractivity contribution in [1.82, 2.24) is 10.3 Å². The lowest BCUT2D eigenvalue weighted by molar-refractivity contribution is -0.120. The van der Waals surface area contributed by atoms with E-state index in [1.807, 2.05) is 30.5 Å².